The van der Waals surface area contributed by atoms with Crippen LogP contribution in [-0.2, 0) is 16.2 Å². The number of anilines is 1. The number of hydrogen-bond acceptors (Lipinski definition) is 4. The van der Waals surface area contributed by atoms with E-state index in [1.165, 1.54) is 4.31 Å². The minimum Gasteiger partial charge on any atom is -0.368 e. The van der Waals surface area contributed by atoms with Gasteiger partial charge in [0.25, 0.3) is 5.91 Å². The largest absolute Gasteiger partial charge is 0.416 e. The Morgan fingerprint density at radius 1 is 1.00 bits per heavy atom. The number of piperazine rings is 1. The summed E-state index contributed by atoms with van der Waals surface area (Å²) >= 11 is 6.19. The fraction of sp³-hybridized carbons (Fsp3) is 0.350. The number of nitrogens with zero attached hydrogens (tertiary/aromatic N) is 2. The molecule has 0 unspecified atom stereocenters. The van der Waals surface area contributed by atoms with Gasteiger partial charge in [0.15, 0.2) is 0 Å². The molecule has 0 atom stereocenters. The molecule has 2 aromatic carbocycles. The summed E-state index contributed by atoms with van der Waals surface area (Å²) in [6, 6.07) is 11.1. The van der Waals surface area contributed by atoms with E-state index in [9.17, 15) is 26.4 Å². The minimum absolute atomic E-state index is 0.0266. The zero-order valence-corrected chi connectivity index (χ0v) is 18.0. The highest BCUT2D eigenvalue weighted by molar-refractivity contribution is 7.89. The summed E-state index contributed by atoms with van der Waals surface area (Å²) in [5, 5.41) is 3.04. The van der Waals surface area contributed by atoms with Crippen molar-refractivity contribution in [1.29, 1.82) is 0 Å². The molecule has 1 N–H and O–H groups in total. The lowest BCUT2D eigenvalue weighted by molar-refractivity contribution is -0.137. The van der Waals surface area contributed by atoms with Crippen LogP contribution in [0.5, 0.6) is 0 Å². The number of hydrogen-bond donors (Lipinski definition) is 1. The van der Waals surface area contributed by atoms with Crippen LogP contribution in [-0.4, -0.2) is 57.1 Å². The third kappa shape index (κ3) is 5.90. The van der Waals surface area contributed by atoms with Gasteiger partial charge < -0.3 is 10.2 Å². The number of sulfonamides is 1. The second kappa shape index (κ2) is 9.46. The number of halogens is 4. The molecule has 1 aliphatic rings. The molecule has 3 rings (SSSR count). The van der Waals surface area contributed by atoms with Crippen LogP contribution in [0.15, 0.2) is 48.5 Å². The average molecular weight is 476 g/mol. The van der Waals surface area contributed by atoms with E-state index in [1.54, 1.807) is 6.07 Å². The number of benzene rings is 2. The summed E-state index contributed by atoms with van der Waals surface area (Å²) in [6.45, 7) is 1.41. The molecule has 0 radical (unpaired) electrons. The van der Waals surface area contributed by atoms with E-state index in [0.717, 1.165) is 30.0 Å². The van der Waals surface area contributed by atoms with Gasteiger partial charge in [-0.2, -0.15) is 17.5 Å². The van der Waals surface area contributed by atoms with Crippen LogP contribution in [0, 0.1) is 0 Å². The van der Waals surface area contributed by atoms with Crippen LogP contribution in [0.3, 0.4) is 0 Å². The van der Waals surface area contributed by atoms with Gasteiger partial charge in [-0.15, -0.1) is 0 Å². The van der Waals surface area contributed by atoms with Gasteiger partial charge in [-0.05, 0) is 36.4 Å². The first-order valence-electron chi connectivity index (χ1n) is 9.51. The van der Waals surface area contributed by atoms with Crippen molar-refractivity contribution in [3.8, 4) is 0 Å². The number of alkyl halides is 3. The quantitative estimate of drug-likeness (QED) is 0.696. The molecule has 2 aromatic rings. The highest BCUT2D eigenvalue weighted by Gasteiger charge is 2.30. The Hall–Kier alpha value is -2.30. The maximum atomic E-state index is 12.6. The van der Waals surface area contributed by atoms with Crippen molar-refractivity contribution in [2.24, 2.45) is 0 Å². The first kappa shape index (κ1) is 23.4. The van der Waals surface area contributed by atoms with Gasteiger partial charge in [0, 0.05) is 38.3 Å². The average Bonchev–Trinajstić information content (AvgIpc) is 2.73. The molecular formula is C20H21ClF3N3O3S. The Labute approximate surface area is 183 Å². The molecule has 1 heterocycles. The molecule has 0 bridgehead atoms. The molecule has 0 saturated carbocycles. The van der Waals surface area contributed by atoms with Gasteiger partial charge in [-0.1, -0.05) is 23.7 Å². The Kier molecular flexibility index (Phi) is 7.13. The molecule has 1 amide bonds. The van der Waals surface area contributed by atoms with E-state index in [-0.39, 0.29) is 17.9 Å². The number of para-hydroxylation sites is 1. The number of rotatable bonds is 6. The number of nitrogens with one attached hydrogen (secondary N) is 1. The van der Waals surface area contributed by atoms with Crippen molar-refractivity contribution >= 4 is 33.2 Å². The summed E-state index contributed by atoms with van der Waals surface area (Å²) in [5.74, 6) is -0.932. The Bertz CT molecular complexity index is 1020. The molecule has 31 heavy (non-hydrogen) atoms. The first-order chi connectivity index (χ1) is 14.6. The van der Waals surface area contributed by atoms with Crippen molar-refractivity contribution in [2.45, 2.75) is 6.18 Å². The smallest absolute Gasteiger partial charge is 0.368 e. The maximum Gasteiger partial charge on any atom is 0.416 e. The number of carbonyl (C=O) groups excluding carboxylic acids is 1. The lowest BCUT2D eigenvalue weighted by atomic mass is 10.1. The highest BCUT2D eigenvalue weighted by Crippen LogP contribution is 2.29. The van der Waals surface area contributed by atoms with Crippen LogP contribution in [0.1, 0.15) is 15.9 Å². The third-order valence-electron chi connectivity index (χ3n) is 4.95. The molecule has 0 spiro atoms. The van der Waals surface area contributed by atoms with E-state index < -0.39 is 27.7 Å². The summed E-state index contributed by atoms with van der Waals surface area (Å²) < 4.78 is 64.3. The van der Waals surface area contributed by atoms with Gasteiger partial charge in [0.2, 0.25) is 10.0 Å². The number of amides is 1. The zero-order chi connectivity index (χ0) is 22.6. The molecule has 0 aromatic heterocycles. The molecule has 6 nitrogen and oxygen atoms in total. The number of carbonyl (C=O) groups is 1. The van der Waals surface area contributed by atoms with Crippen LogP contribution >= 0.6 is 11.6 Å². The normalized spacial score (nSPS) is 15.7. The molecule has 1 aliphatic heterocycles. The minimum atomic E-state index is -4.49. The zero-order valence-electron chi connectivity index (χ0n) is 16.4. The van der Waals surface area contributed by atoms with Crippen LogP contribution in [0.4, 0.5) is 18.9 Å². The summed E-state index contributed by atoms with van der Waals surface area (Å²) in [5.41, 5.74) is 0.0198. The van der Waals surface area contributed by atoms with Gasteiger partial charge in [-0.3, -0.25) is 4.79 Å². The Morgan fingerprint density at radius 3 is 2.19 bits per heavy atom. The van der Waals surface area contributed by atoms with Crippen LogP contribution in [0.25, 0.3) is 0 Å². The van der Waals surface area contributed by atoms with Crippen molar-refractivity contribution < 1.29 is 26.4 Å². The molecule has 0 aliphatic carbocycles. The fourth-order valence-electron chi connectivity index (χ4n) is 3.25. The second-order valence-corrected chi connectivity index (χ2v) is 9.48. The lowest BCUT2D eigenvalue weighted by Crippen LogP contribution is -2.50. The van der Waals surface area contributed by atoms with E-state index in [1.807, 2.05) is 23.1 Å². The van der Waals surface area contributed by atoms with E-state index >= 15 is 0 Å². The maximum absolute atomic E-state index is 12.6. The van der Waals surface area contributed by atoms with Gasteiger partial charge >= 0.3 is 6.18 Å². The van der Waals surface area contributed by atoms with Crippen molar-refractivity contribution in [1.82, 2.24) is 9.62 Å². The highest BCUT2D eigenvalue weighted by atomic mass is 35.5. The van der Waals surface area contributed by atoms with Gasteiger partial charge in [0.1, 0.15) is 0 Å². The molecule has 1 saturated heterocycles. The van der Waals surface area contributed by atoms with Crippen LogP contribution in [0.2, 0.25) is 5.02 Å². The molecular weight excluding hydrogens is 455 g/mol. The molecule has 1 fully saturated rings. The van der Waals surface area contributed by atoms with E-state index in [2.05, 4.69) is 5.32 Å². The van der Waals surface area contributed by atoms with E-state index in [0.29, 0.717) is 31.2 Å². The second-order valence-electron chi connectivity index (χ2n) is 6.98. The Morgan fingerprint density at radius 2 is 1.61 bits per heavy atom. The lowest BCUT2D eigenvalue weighted by Gasteiger charge is -2.35. The first-order valence-corrected chi connectivity index (χ1v) is 11.5. The van der Waals surface area contributed by atoms with Crippen molar-refractivity contribution in [2.75, 3.05) is 43.4 Å². The van der Waals surface area contributed by atoms with Crippen molar-refractivity contribution in [3.63, 3.8) is 0 Å². The fourth-order valence-corrected chi connectivity index (χ4v) is 4.84. The predicted octanol–water partition coefficient (Wildman–Crippen LogP) is 3.24. The van der Waals surface area contributed by atoms with Crippen LogP contribution < -0.4 is 10.2 Å². The van der Waals surface area contributed by atoms with Gasteiger partial charge in [-0.25, -0.2) is 8.42 Å². The molecule has 11 heteroatoms. The van der Waals surface area contributed by atoms with Gasteiger partial charge in [0.05, 0.1) is 22.0 Å². The standard InChI is InChI=1S/C20H21ClF3N3O3S/c21-17-3-1-2-4-18(17)26-10-12-27(13-11-26)31(29,30)14-9-25-19(28)15-5-7-16(8-6-15)20(22,23)24/h1-8H,9-14H2,(H,25,28). The van der Waals surface area contributed by atoms with E-state index in [4.69, 9.17) is 11.6 Å². The SMILES string of the molecule is O=C(NCCS(=O)(=O)N1CCN(c2ccccc2Cl)CC1)c1ccc(C(F)(F)F)cc1. The topological polar surface area (TPSA) is 69.7 Å². The van der Waals surface area contributed by atoms with Crippen molar-refractivity contribution in [3.05, 3.63) is 64.7 Å². The monoisotopic (exact) mass is 475 g/mol. The summed E-state index contributed by atoms with van der Waals surface area (Å²) in [7, 11) is -3.59. The Balaban J connectivity index is 1.49. The molecule has 168 valence electrons. The predicted molar refractivity (Wildman–Crippen MR) is 113 cm³/mol. The summed E-state index contributed by atoms with van der Waals surface area (Å²) in [4.78, 5) is 14.1. The summed E-state index contributed by atoms with van der Waals surface area (Å²) in [6.07, 6.45) is -4.49. The third-order valence-corrected chi connectivity index (χ3v) is 7.14.